The Balaban J connectivity index is 1.49. The standard InChI is InChI=1S/C18H23N7O3/c1-11-14(6-22(4)20-11)7-23-10-17(26)25(18(23)27)15-5-19-24(8-15)9-16-12(2)21-28-13(16)3/h5-6,8,12,21H,7,9-10H2,1-4H3. The highest BCUT2D eigenvalue weighted by molar-refractivity contribution is 6.19. The van der Waals surface area contributed by atoms with E-state index in [1.807, 2.05) is 34.0 Å². The Labute approximate surface area is 162 Å². The van der Waals surface area contributed by atoms with E-state index in [0.29, 0.717) is 18.8 Å². The minimum Gasteiger partial charge on any atom is -0.413 e. The first-order valence-corrected chi connectivity index (χ1v) is 9.09. The van der Waals surface area contributed by atoms with Crippen LogP contribution in [0.3, 0.4) is 0 Å². The summed E-state index contributed by atoms with van der Waals surface area (Å²) in [7, 11) is 1.83. The number of imide groups is 1. The molecule has 4 heterocycles. The molecule has 1 N–H and O–H groups in total. The number of amides is 3. The van der Waals surface area contributed by atoms with Crippen LogP contribution in [0.25, 0.3) is 0 Å². The number of rotatable bonds is 5. The van der Waals surface area contributed by atoms with Crippen LogP contribution in [0.5, 0.6) is 0 Å². The average molecular weight is 385 g/mol. The molecular weight excluding hydrogens is 362 g/mol. The molecule has 2 aromatic rings. The van der Waals surface area contributed by atoms with Gasteiger partial charge in [-0.1, -0.05) is 0 Å². The van der Waals surface area contributed by atoms with Crippen molar-refractivity contribution in [3.63, 3.8) is 0 Å². The number of hydroxylamine groups is 1. The Morgan fingerprint density at radius 1 is 1.25 bits per heavy atom. The average Bonchev–Trinajstić information content (AvgIpc) is 3.35. The zero-order chi connectivity index (χ0) is 20.0. The lowest BCUT2D eigenvalue weighted by atomic mass is 10.1. The van der Waals surface area contributed by atoms with Crippen LogP contribution in [0, 0.1) is 6.92 Å². The second-order valence-corrected chi connectivity index (χ2v) is 7.20. The summed E-state index contributed by atoms with van der Waals surface area (Å²) in [6.07, 6.45) is 5.11. The summed E-state index contributed by atoms with van der Waals surface area (Å²) in [4.78, 5) is 33.4. The molecule has 0 radical (unpaired) electrons. The normalized spacial score (nSPS) is 19.9. The summed E-state index contributed by atoms with van der Waals surface area (Å²) in [5.41, 5.74) is 6.21. The van der Waals surface area contributed by atoms with E-state index in [1.54, 1.807) is 21.8 Å². The van der Waals surface area contributed by atoms with Crippen molar-refractivity contribution in [2.45, 2.75) is 39.9 Å². The minimum atomic E-state index is -0.345. The van der Waals surface area contributed by atoms with Gasteiger partial charge in [-0.3, -0.25) is 14.2 Å². The van der Waals surface area contributed by atoms with Crippen molar-refractivity contribution in [1.29, 1.82) is 0 Å². The SMILES string of the molecule is CC1=C(Cn2cc(N3C(=O)CN(Cc4cn(C)nc4C)C3=O)cn2)C(C)NO1. The zero-order valence-electron chi connectivity index (χ0n) is 16.3. The van der Waals surface area contributed by atoms with E-state index in [0.717, 1.165) is 22.6 Å². The van der Waals surface area contributed by atoms with Crippen LogP contribution in [0.2, 0.25) is 0 Å². The molecule has 3 amide bonds. The van der Waals surface area contributed by atoms with E-state index in [9.17, 15) is 9.59 Å². The van der Waals surface area contributed by atoms with E-state index < -0.39 is 0 Å². The number of allylic oxidation sites excluding steroid dienone is 1. The lowest BCUT2D eigenvalue weighted by Gasteiger charge is -2.15. The van der Waals surface area contributed by atoms with Crippen molar-refractivity contribution in [3.8, 4) is 0 Å². The molecule has 2 aromatic heterocycles. The first-order valence-electron chi connectivity index (χ1n) is 9.09. The number of aryl methyl sites for hydroxylation is 2. The van der Waals surface area contributed by atoms with Gasteiger partial charge in [-0.2, -0.15) is 15.7 Å². The quantitative estimate of drug-likeness (QED) is 0.774. The smallest absolute Gasteiger partial charge is 0.332 e. The molecule has 0 aliphatic carbocycles. The van der Waals surface area contributed by atoms with Gasteiger partial charge in [0.15, 0.2) is 0 Å². The van der Waals surface area contributed by atoms with E-state index in [1.165, 1.54) is 9.80 Å². The maximum atomic E-state index is 12.8. The number of hydrogen-bond acceptors (Lipinski definition) is 6. The summed E-state index contributed by atoms with van der Waals surface area (Å²) < 4.78 is 3.41. The molecule has 0 aromatic carbocycles. The molecule has 2 aliphatic heterocycles. The lowest BCUT2D eigenvalue weighted by Crippen LogP contribution is -2.32. The Bertz CT molecular complexity index is 974. The highest BCUT2D eigenvalue weighted by Crippen LogP contribution is 2.24. The molecule has 1 fully saturated rings. The number of anilines is 1. The van der Waals surface area contributed by atoms with Gasteiger partial charge in [-0.25, -0.2) is 9.69 Å². The molecule has 10 nitrogen and oxygen atoms in total. The predicted octanol–water partition coefficient (Wildman–Crippen LogP) is 1.09. The molecule has 1 unspecified atom stereocenters. The van der Waals surface area contributed by atoms with E-state index in [-0.39, 0.29) is 24.5 Å². The number of carbonyl (C=O) groups is 2. The highest BCUT2D eigenvalue weighted by atomic mass is 16.7. The topological polar surface area (TPSA) is 97.5 Å². The van der Waals surface area contributed by atoms with Gasteiger partial charge >= 0.3 is 6.03 Å². The Morgan fingerprint density at radius 2 is 2.04 bits per heavy atom. The molecule has 0 bridgehead atoms. The first kappa shape index (κ1) is 18.2. The summed E-state index contributed by atoms with van der Waals surface area (Å²) >= 11 is 0. The van der Waals surface area contributed by atoms with E-state index >= 15 is 0 Å². The predicted molar refractivity (Wildman–Crippen MR) is 99.8 cm³/mol. The molecule has 2 aliphatic rings. The monoisotopic (exact) mass is 385 g/mol. The van der Waals surface area contributed by atoms with Crippen molar-refractivity contribution in [1.82, 2.24) is 29.9 Å². The van der Waals surface area contributed by atoms with Crippen LogP contribution < -0.4 is 10.4 Å². The number of nitrogens with one attached hydrogen (secondary N) is 1. The first-order chi connectivity index (χ1) is 13.3. The van der Waals surface area contributed by atoms with Crippen LogP contribution in [-0.4, -0.2) is 49.0 Å². The number of hydrogen-bond donors (Lipinski definition) is 1. The van der Waals surface area contributed by atoms with Gasteiger partial charge in [0.25, 0.3) is 5.91 Å². The molecule has 148 valence electrons. The number of nitrogens with zero attached hydrogens (tertiary/aromatic N) is 6. The third-order valence-corrected chi connectivity index (χ3v) is 5.09. The van der Waals surface area contributed by atoms with Gasteiger partial charge in [0.05, 0.1) is 36.7 Å². The Morgan fingerprint density at radius 3 is 2.68 bits per heavy atom. The maximum Gasteiger partial charge on any atom is 0.332 e. The van der Waals surface area contributed by atoms with Crippen LogP contribution in [0.1, 0.15) is 25.1 Å². The van der Waals surface area contributed by atoms with Crippen molar-refractivity contribution < 1.29 is 14.4 Å². The molecule has 1 saturated heterocycles. The van der Waals surface area contributed by atoms with Gasteiger partial charge in [-0.15, -0.1) is 0 Å². The van der Waals surface area contributed by atoms with Gasteiger partial charge in [-0.05, 0) is 20.8 Å². The Kier molecular flexibility index (Phi) is 4.42. The largest absolute Gasteiger partial charge is 0.413 e. The molecule has 0 saturated carbocycles. The molecule has 4 rings (SSSR count). The minimum absolute atomic E-state index is 0.0391. The van der Waals surface area contributed by atoms with E-state index in [2.05, 4.69) is 15.7 Å². The number of urea groups is 1. The van der Waals surface area contributed by atoms with Gasteiger partial charge in [0.1, 0.15) is 12.3 Å². The molecule has 0 spiro atoms. The molecular formula is C18H23N7O3. The second kappa shape index (κ2) is 6.79. The zero-order valence-corrected chi connectivity index (χ0v) is 16.3. The fourth-order valence-electron chi connectivity index (χ4n) is 3.53. The maximum absolute atomic E-state index is 12.8. The fraction of sp³-hybridized carbons (Fsp3) is 0.444. The fourth-order valence-corrected chi connectivity index (χ4v) is 3.53. The van der Waals surface area contributed by atoms with Crippen LogP contribution in [0.15, 0.2) is 29.9 Å². The number of aromatic nitrogens is 4. The van der Waals surface area contributed by atoms with Gasteiger partial charge < -0.3 is 9.74 Å². The summed E-state index contributed by atoms with van der Waals surface area (Å²) in [5.74, 6) is 0.552. The highest BCUT2D eigenvalue weighted by Gasteiger charge is 2.38. The van der Waals surface area contributed by atoms with Crippen molar-refractivity contribution in [2.75, 3.05) is 11.4 Å². The third kappa shape index (κ3) is 3.15. The van der Waals surface area contributed by atoms with Crippen molar-refractivity contribution in [3.05, 3.63) is 41.2 Å². The Hall–Kier alpha value is -3.14. The van der Waals surface area contributed by atoms with Gasteiger partial charge in [0, 0.05) is 30.6 Å². The van der Waals surface area contributed by atoms with Crippen LogP contribution in [-0.2, 0) is 29.8 Å². The van der Waals surface area contributed by atoms with Gasteiger partial charge in [0.2, 0.25) is 0 Å². The number of carbonyl (C=O) groups excluding carboxylic acids is 2. The molecule has 28 heavy (non-hydrogen) atoms. The van der Waals surface area contributed by atoms with Crippen molar-refractivity contribution in [2.24, 2.45) is 7.05 Å². The van der Waals surface area contributed by atoms with E-state index in [4.69, 9.17) is 4.84 Å². The van der Waals surface area contributed by atoms with Crippen LogP contribution >= 0.6 is 0 Å². The van der Waals surface area contributed by atoms with Crippen LogP contribution in [0.4, 0.5) is 10.5 Å². The summed E-state index contributed by atoms with van der Waals surface area (Å²) in [5, 5.41) is 8.60. The summed E-state index contributed by atoms with van der Waals surface area (Å²) in [6, 6.07) is -0.261. The molecule has 10 heteroatoms. The van der Waals surface area contributed by atoms with Crippen molar-refractivity contribution >= 4 is 17.6 Å². The second-order valence-electron chi connectivity index (χ2n) is 7.20. The third-order valence-electron chi connectivity index (χ3n) is 5.09. The summed E-state index contributed by atoms with van der Waals surface area (Å²) in [6.45, 7) is 6.69. The molecule has 1 atom stereocenters. The lowest BCUT2D eigenvalue weighted by molar-refractivity contribution is -0.116.